The lowest BCUT2D eigenvalue weighted by Crippen LogP contribution is -2.30. The molecule has 0 radical (unpaired) electrons. The fourth-order valence-electron chi connectivity index (χ4n) is 3.71. The molecule has 0 saturated heterocycles. The molecule has 1 aliphatic carbocycles. The van der Waals surface area contributed by atoms with Gasteiger partial charge >= 0.3 is 0 Å². The Morgan fingerprint density at radius 3 is 2.10 bits per heavy atom. The zero-order chi connectivity index (χ0) is 14.9. The van der Waals surface area contributed by atoms with Crippen LogP contribution in [0.1, 0.15) is 61.8 Å². The van der Waals surface area contributed by atoms with Gasteiger partial charge in [-0.1, -0.05) is 31.5 Å². The molecule has 1 N–H and O–H groups in total. The summed E-state index contributed by atoms with van der Waals surface area (Å²) >= 11 is 0. The molecule has 1 aliphatic rings. The molecular weight excluding hydrogens is 244 g/mol. The van der Waals surface area contributed by atoms with Gasteiger partial charge in [0.2, 0.25) is 0 Å². The molecule has 1 atom stereocenters. The van der Waals surface area contributed by atoms with Crippen LogP contribution < -0.4 is 0 Å². The minimum absolute atomic E-state index is 0.175. The SMILES string of the molecule is Cc1cc(C)c(CC(O)C2CCC(C)(C)CC2)c(C)c1. The maximum atomic E-state index is 10.6. The predicted octanol–water partition coefficient (Wildman–Crippen LogP) is 4.73. The van der Waals surface area contributed by atoms with Gasteiger partial charge < -0.3 is 5.11 Å². The van der Waals surface area contributed by atoms with E-state index in [1.165, 1.54) is 47.9 Å². The quantitative estimate of drug-likeness (QED) is 0.844. The van der Waals surface area contributed by atoms with Gasteiger partial charge in [-0.3, -0.25) is 0 Å². The third-order valence-electron chi connectivity index (χ3n) is 5.18. The summed E-state index contributed by atoms with van der Waals surface area (Å²) in [6.07, 6.45) is 5.51. The maximum absolute atomic E-state index is 10.6. The number of hydrogen-bond acceptors (Lipinski definition) is 1. The Balaban J connectivity index is 2.04. The molecule has 1 heteroatoms. The van der Waals surface area contributed by atoms with Crippen molar-refractivity contribution in [2.45, 2.75) is 72.8 Å². The molecule has 2 rings (SSSR count). The van der Waals surface area contributed by atoms with E-state index in [1.807, 2.05) is 0 Å². The lowest BCUT2D eigenvalue weighted by Gasteiger charge is -2.36. The number of hydrogen-bond donors (Lipinski definition) is 1. The summed E-state index contributed by atoms with van der Waals surface area (Å²) in [6.45, 7) is 11.2. The van der Waals surface area contributed by atoms with Crippen LogP contribution in [0.2, 0.25) is 0 Å². The van der Waals surface area contributed by atoms with Gasteiger partial charge in [0.1, 0.15) is 0 Å². The van der Waals surface area contributed by atoms with E-state index < -0.39 is 0 Å². The van der Waals surface area contributed by atoms with Crippen molar-refractivity contribution in [3.63, 3.8) is 0 Å². The van der Waals surface area contributed by atoms with Crippen molar-refractivity contribution < 1.29 is 5.11 Å². The second-order valence-corrected chi connectivity index (χ2v) is 7.65. The molecule has 0 aliphatic heterocycles. The molecule has 1 nitrogen and oxygen atoms in total. The molecule has 20 heavy (non-hydrogen) atoms. The molecule has 1 saturated carbocycles. The first kappa shape index (κ1) is 15.6. The van der Waals surface area contributed by atoms with Gasteiger partial charge in [0.25, 0.3) is 0 Å². The van der Waals surface area contributed by atoms with E-state index in [2.05, 4.69) is 46.8 Å². The average Bonchev–Trinajstić information content (AvgIpc) is 2.33. The summed E-state index contributed by atoms with van der Waals surface area (Å²) in [5.74, 6) is 0.489. The second kappa shape index (κ2) is 5.89. The molecule has 0 heterocycles. The van der Waals surface area contributed by atoms with E-state index in [4.69, 9.17) is 0 Å². The Kier molecular flexibility index (Phi) is 4.59. The van der Waals surface area contributed by atoms with Crippen molar-refractivity contribution in [2.24, 2.45) is 11.3 Å². The van der Waals surface area contributed by atoms with Crippen LogP contribution in [0.3, 0.4) is 0 Å². The van der Waals surface area contributed by atoms with E-state index in [0.717, 1.165) is 6.42 Å². The zero-order valence-electron chi connectivity index (χ0n) is 13.8. The number of aliphatic hydroxyl groups is 1. The van der Waals surface area contributed by atoms with Gasteiger partial charge in [-0.25, -0.2) is 0 Å². The molecule has 1 unspecified atom stereocenters. The third kappa shape index (κ3) is 3.63. The highest BCUT2D eigenvalue weighted by Gasteiger charge is 2.30. The standard InChI is InChI=1S/C19H30O/c1-13-10-14(2)17(15(3)11-13)12-18(20)16-6-8-19(4,5)9-7-16/h10-11,16,18,20H,6-9,12H2,1-5H3. The summed E-state index contributed by atoms with van der Waals surface area (Å²) in [6, 6.07) is 4.47. The normalized spacial score (nSPS) is 20.9. The molecule has 1 fully saturated rings. The van der Waals surface area contributed by atoms with E-state index in [0.29, 0.717) is 11.3 Å². The first-order valence-corrected chi connectivity index (χ1v) is 8.03. The Bertz CT molecular complexity index is 440. The van der Waals surface area contributed by atoms with Gasteiger partial charge in [-0.2, -0.15) is 0 Å². The van der Waals surface area contributed by atoms with Gasteiger partial charge in [0.15, 0.2) is 0 Å². The highest BCUT2D eigenvalue weighted by molar-refractivity contribution is 5.37. The highest BCUT2D eigenvalue weighted by atomic mass is 16.3. The van der Waals surface area contributed by atoms with E-state index in [1.54, 1.807) is 0 Å². The predicted molar refractivity (Wildman–Crippen MR) is 86.1 cm³/mol. The number of aliphatic hydroxyl groups excluding tert-OH is 1. The topological polar surface area (TPSA) is 20.2 Å². The van der Waals surface area contributed by atoms with Crippen molar-refractivity contribution in [2.75, 3.05) is 0 Å². The fraction of sp³-hybridized carbons (Fsp3) is 0.684. The minimum atomic E-state index is -0.175. The molecule has 1 aromatic rings. The molecule has 1 aromatic carbocycles. The van der Waals surface area contributed by atoms with Crippen molar-refractivity contribution in [1.82, 2.24) is 0 Å². The first-order valence-electron chi connectivity index (χ1n) is 8.03. The lowest BCUT2D eigenvalue weighted by atomic mass is 9.71. The summed E-state index contributed by atoms with van der Waals surface area (Å²) < 4.78 is 0. The van der Waals surface area contributed by atoms with Crippen molar-refractivity contribution in [3.05, 3.63) is 34.4 Å². The number of rotatable bonds is 3. The Labute approximate surface area is 124 Å². The van der Waals surface area contributed by atoms with Crippen molar-refractivity contribution in [1.29, 1.82) is 0 Å². The highest BCUT2D eigenvalue weighted by Crippen LogP contribution is 2.39. The Morgan fingerprint density at radius 1 is 1.10 bits per heavy atom. The monoisotopic (exact) mass is 274 g/mol. The number of benzene rings is 1. The molecule has 112 valence electrons. The van der Waals surface area contributed by atoms with Crippen LogP contribution in [0, 0.1) is 32.1 Å². The summed E-state index contributed by atoms with van der Waals surface area (Å²) in [5, 5.41) is 10.6. The molecule has 0 amide bonds. The van der Waals surface area contributed by atoms with Gasteiger partial charge in [0, 0.05) is 0 Å². The minimum Gasteiger partial charge on any atom is -0.392 e. The molecule has 0 aromatic heterocycles. The van der Waals surface area contributed by atoms with Crippen LogP contribution in [0.15, 0.2) is 12.1 Å². The summed E-state index contributed by atoms with van der Waals surface area (Å²) in [5.41, 5.74) is 5.81. The molecular formula is C19H30O. The van der Waals surface area contributed by atoms with Gasteiger partial charge in [-0.15, -0.1) is 0 Å². The zero-order valence-corrected chi connectivity index (χ0v) is 13.8. The molecule has 0 bridgehead atoms. The summed E-state index contributed by atoms with van der Waals surface area (Å²) in [7, 11) is 0. The van der Waals surface area contributed by atoms with E-state index >= 15 is 0 Å². The van der Waals surface area contributed by atoms with Crippen LogP contribution in [0.4, 0.5) is 0 Å². The third-order valence-corrected chi connectivity index (χ3v) is 5.18. The Morgan fingerprint density at radius 2 is 1.60 bits per heavy atom. The van der Waals surface area contributed by atoms with Crippen LogP contribution >= 0.6 is 0 Å². The van der Waals surface area contributed by atoms with Gasteiger partial charge in [0.05, 0.1) is 6.10 Å². The smallest absolute Gasteiger partial charge is 0.0608 e. The van der Waals surface area contributed by atoms with Crippen LogP contribution in [0.25, 0.3) is 0 Å². The number of aryl methyl sites for hydroxylation is 3. The van der Waals surface area contributed by atoms with E-state index in [-0.39, 0.29) is 6.10 Å². The maximum Gasteiger partial charge on any atom is 0.0608 e. The average molecular weight is 274 g/mol. The molecule has 0 spiro atoms. The second-order valence-electron chi connectivity index (χ2n) is 7.65. The largest absolute Gasteiger partial charge is 0.392 e. The Hall–Kier alpha value is -0.820. The van der Waals surface area contributed by atoms with Crippen LogP contribution in [-0.4, -0.2) is 11.2 Å². The lowest BCUT2D eigenvalue weighted by molar-refractivity contribution is 0.0574. The van der Waals surface area contributed by atoms with Crippen molar-refractivity contribution >= 4 is 0 Å². The van der Waals surface area contributed by atoms with E-state index in [9.17, 15) is 5.11 Å². The fourth-order valence-corrected chi connectivity index (χ4v) is 3.71. The van der Waals surface area contributed by atoms with Crippen LogP contribution in [-0.2, 0) is 6.42 Å². The van der Waals surface area contributed by atoms with Crippen LogP contribution in [0.5, 0.6) is 0 Å². The van der Waals surface area contributed by atoms with Crippen molar-refractivity contribution in [3.8, 4) is 0 Å². The first-order chi connectivity index (χ1) is 9.28. The summed E-state index contributed by atoms with van der Waals surface area (Å²) in [4.78, 5) is 0. The van der Waals surface area contributed by atoms with Gasteiger partial charge in [-0.05, 0) is 80.9 Å².